The van der Waals surface area contributed by atoms with E-state index in [9.17, 15) is 4.79 Å². The SMILES string of the molecule is C=CCn1c(CSCc2ccc(Cl)cc2Cl)nnc1SCC(=O)Nc1ccc(OC)cc1. The maximum Gasteiger partial charge on any atom is 0.234 e. The number of hydrogen-bond acceptors (Lipinski definition) is 6. The van der Waals surface area contributed by atoms with E-state index in [4.69, 9.17) is 27.9 Å². The van der Waals surface area contributed by atoms with Gasteiger partial charge in [-0.3, -0.25) is 4.79 Å². The van der Waals surface area contributed by atoms with Crippen molar-refractivity contribution in [2.45, 2.75) is 23.2 Å². The molecule has 0 aliphatic rings. The summed E-state index contributed by atoms with van der Waals surface area (Å²) in [5.74, 6) is 3.02. The van der Waals surface area contributed by atoms with Gasteiger partial charge in [0.2, 0.25) is 5.91 Å². The van der Waals surface area contributed by atoms with Crippen molar-refractivity contribution >= 4 is 58.3 Å². The smallest absolute Gasteiger partial charge is 0.234 e. The fourth-order valence-electron chi connectivity index (χ4n) is 2.74. The van der Waals surface area contributed by atoms with E-state index >= 15 is 0 Å². The molecule has 168 valence electrons. The van der Waals surface area contributed by atoms with Crippen LogP contribution in [0.3, 0.4) is 0 Å². The van der Waals surface area contributed by atoms with Crippen LogP contribution in [-0.2, 0) is 22.8 Å². The van der Waals surface area contributed by atoms with Gasteiger partial charge in [0, 0.05) is 28.0 Å². The Balaban J connectivity index is 1.56. The van der Waals surface area contributed by atoms with Gasteiger partial charge in [-0.15, -0.1) is 28.5 Å². The van der Waals surface area contributed by atoms with Crippen molar-refractivity contribution in [1.29, 1.82) is 0 Å². The van der Waals surface area contributed by atoms with E-state index < -0.39 is 0 Å². The van der Waals surface area contributed by atoms with Crippen LogP contribution < -0.4 is 10.1 Å². The van der Waals surface area contributed by atoms with Crippen molar-refractivity contribution in [3.8, 4) is 5.75 Å². The van der Waals surface area contributed by atoms with E-state index in [-0.39, 0.29) is 11.7 Å². The molecule has 0 atom stereocenters. The predicted molar refractivity (Wildman–Crippen MR) is 134 cm³/mol. The third-order valence-electron chi connectivity index (χ3n) is 4.32. The molecule has 0 fully saturated rings. The summed E-state index contributed by atoms with van der Waals surface area (Å²) in [5.41, 5.74) is 1.72. The Labute approximate surface area is 205 Å². The molecule has 0 aliphatic heterocycles. The molecule has 1 aromatic heterocycles. The van der Waals surface area contributed by atoms with Gasteiger partial charge in [-0.05, 0) is 42.0 Å². The summed E-state index contributed by atoms with van der Waals surface area (Å²) in [7, 11) is 1.60. The lowest BCUT2D eigenvalue weighted by molar-refractivity contribution is -0.113. The molecule has 0 saturated carbocycles. The molecule has 3 rings (SSSR count). The number of ether oxygens (including phenoxy) is 1. The average Bonchev–Trinajstić information content (AvgIpc) is 3.16. The second kappa shape index (κ2) is 12.2. The molecule has 0 unspecified atom stereocenters. The Morgan fingerprint density at radius 3 is 2.66 bits per heavy atom. The number of halogens is 2. The van der Waals surface area contributed by atoms with Crippen molar-refractivity contribution in [3.05, 3.63) is 76.6 Å². The van der Waals surface area contributed by atoms with Crippen LogP contribution in [0.2, 0.25) is 10.0 Å². The molecular weight excluding hydrogens is 487 g/mol. The first kappa shape index (κ1) is 24.5. The van der Waals surface area contributed by atoms with Gasteiger partial charge in [0.1, 0.15) is 11.6 Å². The van der Waals surface area contributed by atoms with E-state index in [2.05, 4.69) is 22.1 Å². The van der Waals surface area contributed by atoms with Crippen molar-refractivity contribution in [2.75, 3.05) is 18.2 Å². The van der Waals surface area contributed by atoms with Crippen LogP contribution in [0.25, 0.3) is 0 Å². The number of carbonyl (C=O) groups is 1. The van der Waals surface area contributed by atoms with Crippen LogP contribution in [0.15, 0.2) is 60.3 Å². The van der Waals surface area contributed by atoms with Crippen molar-refractivity contribution in [3.63, 3.8) is 0 Å². The second-order valence-corrected chi connectivity index (χ2v) is 9.36. The van der Waals surface area contributed by atoms with Gasteiger partial charge in [-0.25, -0.2) is 0 Å². The number of thioether (sulfide) groups is 2. The van der Waals surface area contributed by atoms with Crippen LogP contribution >= 0.6 is 46.7 Å². The Morgan fingerprint density at radius 2 is 1.97 bits per heavy atom. The number of allylic oxidation sites excluding steroid dienone is 1. The van der Waals surface area contributed by atoms with Crippen LogP contribution in [-0.4, -0.2) is 33.5 Å². The fraction of sp³-hybridized carbons (Fsp3) is 0.227. The van der Waals surface area contributed by atoms with Crippen LogP contribution in [0.5, 0.6) is 5.75 Å². The molecule has 32 heavy (non-hydrogen) atoms. The second-order valence-electron chi connectivity index (χ2n) is 6.59. The zero-order valence-corrected chi connectivity index (χ0v) is 20.5. The first-order valence-corrected chi connectivity index (χ1v) is 12.5. The molecule has 10 heteroatoms. The Kier molecular flexibility index (Phi) is 9.35. The molecule has 3 aromatic rings. The summed E-state index contributed by atoms with van der Waals surface area (Å²) in [4.78, 5) is 12.3. The van der Waals surface area contributed by atoms with Crippen LogP contribution in [0, 0.1) is 0 Å². The maximum absolute atomic E-state index is 12.3. The normalized spacial score (nSPS) is 10.7. The molecule has 1 amide bonds. The van der Waals surface area contributed by atoms with Gasteiger partial charge >= 0.3 is 0 Å². The summed E-state index contributed by atoms with van der Waals surface area (Å²) < 4.78 is 7.09. The Bertz CT molecular complexity index is 1070. The predicted octanol–water partition coefficient (Wildman–Crippen LogP) is 5.94. The molecule has 0 saturated heterocycles. The minimum atomic E-state index is -0.123. The maximum atomic E-state index is 12.3. The first-order valence-electron chi connectivity index (χ1n) is 9.61. The van der Waals surface area contributed by atoms with Gasteiger partial charge in [0.15, 0.2) is 5.16 Å². The highest BCUT2D eigenvalue weighted by Gasteiger charge is 2.14. The molecule has 0 spiro atoms. The molecule has 0 radical (unpaired) electrons. The van der Waals surface area contributed by atoms with Crippen LogP contribution in [0.4, 0.5) is 5.69 Å². The lowest BCUT2D eigenvalue weighted by atomic mass is 10.2. The van der Waals surface area contributed by atoms with E-state index in [1.54, 1.807) is 55.3 Å². The van der Waals surface area contributed by atoms with Gasteiger partial charge in [0.25, 0.3) is 0 Å². The fourth-order valence-corrected chi connectivity index (χ4v) is 5.03. The number of anilines is 1. The third-order valence-corrected chi connectivity index (χ3v) is 6.85. The lowest BCUT2D eigenvalue weighted by Gasteiger charge is -2.09. The molecule has 0 aliphatic carbocycles. The first-order chi connectivity index (χ1) is 15.5. The average molecular weight is 509 g/mol. The summed E-state index contributed by atoms with van der Waals surface area (Å²) in [5, 5.41) is 13.4. The lowest BCUT2D eigenvalue weighted by Crippen LogP contribution is -2.14. The van der Waals surface area contributed by atoms with Gasteiger partial charge in [0.05, 0.1) is 18.6 Å². The Hall–Kier alpha value is -2.13. The highest BCUT2D eigenvalue weighted by molar-refractivity contribution is 7.99. The topological polar surface area (TPSA) is 69.0 Å². The van der Waals surface area contributed by atoms with Crippen molar-refractivity contribution in [1.82, 2.24) is 14.8 Å². The highest BCUT2D eigenvalue weighted by atomic mass is 35.5. The summed E-state index contributed by atoms with van der Waals surface area (Å²) in [6.45, 7) is 4.38. The zero-order chi connectivity index (χ0) is 22.9. The number of nitrogens with one attached hydrogen (secondary N) is 1. The standard InChI is InChI=1S/C22H22Cl2N4O2S2/c1-3-10-28-20(13-31-12-15-4-5-16(23)11-19(15)24)26-27-22(28)32-14-21(29)25-17-6-8-18(30-2)9-7-17/h3-9,11H,1,10,12-14H2,2H3,(H,25,29). The zero-order valence-electron chi connectivity index (χ0n) is 17.4. The largest absolute Gasteiger partial charge is 0.497 e. The van der Waals surface area contributed by atoms with Crippen molar-refractivity contribution < 1.29 is 9.53 Å². The van der Waals surface area contributed by atoms with E-state index in [0.717, 1.165) is 22.9 Å². The third kappa shape index (κ3) is 6.93. The number of rotatable bonds is 11. The molecule has 1 heterocycles. The van der Waals surface area contributed by atoms with E-state index in [1.807, 2.05) is 16.7 Å². The quantitative estimate of drug-likeness (QED) is 0.255. The van der Waals surface area contributed by atoms with E-state index in [0.29, 0.717) is 33.2 Å². The number of hydrogen-bond donors (Lipinski definition) is 1. The molecule has 0 bridgehead atoms. The molecule has 6 nitrogen and oxygen atoms in total. The number of benzene rings is 2. The molecule has 2 aromatic carbocycles. The van der Waals surface area contributed by atoms with Gasteiger partial charge in [-0.2, -0.15) is 0 Å². The number of carbonyl (C=O) groups excluding carboxylic acids is 1. The van der Waals surface area contributed by atoms with Gasteiger partial charge < -0.3 is 14.6 Å². The van der Waals surface area contributed by atoms with Crippen LogP contribution in [0.1, 0.15) is 11.4 Å². The summed E-state index contributed by atoms with van der Waals surface area (Å²) in [6.07, 6.45) is 1.79. The number of aromatic nitrogens is 3. The highest BCUT2D eigenvalue weighted by Crippen LogP contribution is 2.27. The summed E-state index contributed by atoms with van der Waals surface area (Å²) >= 11 is 15.2. The van der Waals surface area contributed by atoms with E-state index in [1.165, 1.54) is 11.8 Å². The minimum Gasteiger partial charge on any atom is -0.497 e. The summed E-state index contributed by atoms with van der Waals surface area (Å²) in [6, 6.07) is 12.7. The van der Waals surface area contributed by atoms with Gasteiger partial charge in [-0.1, -0.05) is 47.1 Å². The van der Waals surface area contributed by atoms with Crippen molar-refractivity contribution in [2.24, 2.45) is 0 Å². The number of nitrogens with zero attached hydrogens (tertiary/aromatic N) is 3. The minimum absolute atomic E-state index is 0.123. The monoisotopic (exact) mass is 508 g/mol. The number of amides is 1. The number of methoxy groups -OCH3 is 1. The Morgan fingerprint density at radius 1 is 1.19 bits per heavy atom. The molecular formula is C22H22Cl2N4O2S2. The molecule has 1 N–H and O–H groups in total.